The molecule has 1 saturated heterocycles. The van der Waals surface area contributed by atoms with Crippen LogP contribution in [0.2, 0.25) is 0 Å². The van der Waals surface area contributed by atoms with Crippen LogP contribution in [0.15, 0.2) is 48.5 Å². The molecule has 3 aromatic rings. The van der Waals surface area contributed by atoms with Crippen molar-refractivity contribution in [1.82, 2.24) is 15.2 Å². The van der Waals surface area contributed by atoms with E-state index in [0.29, 0.717) is 11.7 Å². The maximum absolute atomic E-state index is 13.2. The lowest BCUT2D eigenvalue weighted by Crippen LogP contribution is -2.42. The van der Waals surface area contributed by atoms with E-state index in [1.165, 1.54) is 12.1 Å². The highest BCUT2D eigenvalue weighted by Crippen LogP contribution is 2.28. The number of hydrogen-bond donors (Lipinski definition) is 3. The van der Waals surface area contributed by atoms with Crippen LogP contribution in [0.1, 0.15) is 42.6 Å². The molecule has 2 fully saturated rings. The second-order valence-corrected chi connectivity index (χ2v) is 9.31. The molecule has 2 heterocycles. The van der Waals surface area contributed by atoms with Crippen LogP contribution in [0.4, 0.5) is 9.18 Å². The monoisotopic (exact) mass is 464 g/mol. The highest BCUT2D eigenvalue weighted by Gasteiger charge is 2.32. The summed E-state index contributed by atoms with van der Waals surface area (Å²) in [5.41, 5.74) is 8.42. The average Bonchev–Trinajstić information content (AvgIpc) is 3.46. The van der Waals surface area contributed by atoms with E-state index in [2.05, 4.69) is 15.2 Å². The number of rotatable bonds is 5. The van der Waals surface area contributed by atoms with Gasteiger partial charge in [-0.2, -0.15) is 0 Å². The Morgan fingerprint density at radius 3 is 2.47 bits per heavy atom. The minimum atomic E-state index is -0.698. The molecular weight excluding hydrogens is 435 g/mol. The summed E-state index contributed by atoms with van der Waals surface area (Å²) in [4.78, 5) is 29.6. The molecule has 34 heavy (non-hydrogen) atoms. The van der Waals surface area contributed by atoms with Gasteiger partial charge in [-0.1, -0.05) is 24.3 Å². The number of amides is 2. The smallest absolute Gasteiger partial charge is 0.404 e. The van der Waals surface area contributed by atoms with Crippen molar-refractivity contribution in [3.05, 3.63) is 60.0 Å². The summed E-state index contributed by atoms with van der Waals surface area (Å²) in [5, 5.41) is 4.13. The Kier molecular flexibility index (Phi) is 6.24. The standard InChI is InChI=1S/C26H29FN4O3/c27-19-5-3-16(4-6-19)17-1-2-18-14-24(30-23(18)13-17)25(32)29-20-11-12-31(15-20)21-7-9-22(10-8-21)34-26(28)33/h1-6,13-14,20-22,30H,7-12,15H2,(H2,28,33)(H,29,32)/t20-,21?,22?/m0/s1. The molecule has 1 aromatic heterocycles. The number of likely N-dealkylation sites (tertiary alicyclic amines) is 1. The predicted octanol–water partition coefficient (Wildman–Crippen LogP) is 4.18. The van der Waals surface area contributed by atoms with Crippen LogP contribution in [0.3, 0.4) is 0 Å². The Morgan fingerprint density at radius 2 is 1.74 bits per heavy atom. The number of primary amides is 1. The van der Waals surface area contributed by atoms with E-state index in [1.54, 1.807) is 12.1 Å². The lowest BCUT2D eigenvalue weighted by atomic mass is 9.92. The largest absolute Gasteiger partial charge is 0.446 e. The molecule has 8 heteroatoms. The van der Waals surface area contributed by atoms with Crippen molar-refractivity contribution < 1.29 is 18.7 Å². The quantitative estimate of drug-likeness (QED) is 0.527. The topological polar surface area (TPSA) is 100 Å². The molecule has 4 N–H and O–H groups in total. The van der Waals surface area contributed by atoms with Crippen LogP contribution in [-0.2, 0) is 4.74 Å². The summed E-state index contributed by atoms with van der Waals surface area (Å²) in [6.45, 7) is 1.78. The summed E-state index contributed by atoms with van der Waals surface area (Å²) in [6.07, 6.45) is 3.74. The number of H-pyrrole nitrogens is 1. The molecule has 0 unspecified atom stereocenters. The lowest BCUT2D eigenvalue weighted by molar-refractivity contribution is 0.0576. The molecule has 1 aliphatic carbocycles. The SMILES string of the molecule is NC(=O)OC1CCC(N2CC[C@H](NC(=O)c3cc4ccc(-c5ccc(F)cc5)cc4[nH]3)C2)CC1. The summed E-state index contributed by atoms with van der Waals surface area (Å²) in [6, 6.07) is 14.7. The zero-order valence-corrected chi connectivity index (χ0v) is 18.9. The Bertz CT molecular complexity index is 1180. The van der Waals surface area contributed by atoms with Crippen molar-refractivity contribution in [3.63, 3.8) is 0 Å². The molecule has 2 aromatic carbocycles. The molecule has 7 nitrogen and oxygen atoms in total. The van der Waals surface area contributed by atoms with Gasteiger partial charge in [-0.15, -0.1) is 0 Å². The number of nitrogens with one attached hydrogen (secondary N) is 2. The molecule has 0 spiro atoms. The van der Waals surface area contributed by atoms with Crippen molar-refractivity contribution in [3.8, 4) is 11.1 Å². The molecule has 1 atom stereocenters. The number of benzene rings is 2. The summed E-state index contributed by atoms with van der Waals surface area (Å²) in [5.74, 6) is -0.371. The number of carbonyl (C=O) groups is 2. The van der Waals surface area contributed by atoms with Gasteiger partial charge in [-0.3, -0.25) is 9.69 Å². The molecule has 0 bridgehead atoms. The summed E-state index contributed by atoms with van der Waals surface area (Å²) >= 11 is 0. The van der Waals surface area contributed by atoms with Gasteiger partial charge < -0.3 is 20.8 Å². The summed E-state index contributed by atoms with van der Waals surface area (Å²) in [7, 11) is 0. The lowest BCUT2D eigenvalue weighted by Gasteiger charge is -2.34. The molecule has 2 aliphatic rings. The van der Waals surface area contributed by atoms with E-state index in [4.69, 9.17) is 10.5 Å². The first-order valence-corrected chi connectivity index (χ1v) is 11.8. The van der Waals surface area contributed by atoms with Crippen molar-refractivity contribution in [2.24, 2.45) is 5.73 Å². The third-order valence-corrected chi connectivity index (χ3v) is 7.04. The van der Waals surface area contributed by atoms with Crippen LogP contribution in [0.25, 0.3) is 22.0 Å². The summed E-state index contributed by atoms with van der Waals surface area (Å²) < 4.78 is 18.4. The Balaban J connectivity index is 1.18. The van der Waals surface area contributed by atoms with Crippen molar-refractivity contribution in [1.29, 1.82) is 0 Å². The van der Waals surface area contributed by atoms with Crippen LogP contribution in [-0.4, -0.2) is 53.2 Å². The fraction of sp³-hybridized carbons (Fsp3) is 0.385. The van der Waals surface area contributed by atoms with E-state index < -0.39 is 6.09 Å². The minimum Gasteiger partial charge on any atom is -0.446 e. The number of ether oxygens (including phenoxy) is 1. The van der Waals surface area contributed by atoms with Gasteiger partial charge >= 0.3 is 6.09 Å². The number of hydrogen-bond acceptors (Lipinski definition) is 4. The van der Waals surface area contributed by atoms with Crippen LogP contribution in [0, 0.1) is 5.82 Å². The van der Waals surface area contributed by atoms with Crippen molar-refractivity contribution in [2.45, 2.75) is 50.3 Å². The molecule has 0 radical (unpaired) electrons. The Hall–Kier alpha value is -3.39. The molecule has 2 amide bonds. The predicted molar refractivity (Wildman–Crippen MR) is 128 cm³/mol. The van der Waals surface area contributed by atoms with Gasteiger partial charge in [0.1, 0.15) is 17.6 Å². The number of nitrogens with two attached hydrogens (primary N) is 1. The van der Waals surface area contributed by atoms with E-state index in [0.717, 1.165) is 67.2 Å². The van der Waals surface area contributed by atoms with E-state index in [-0.39, 0.29) is 23.9 Å². The first-order valence-electron chi connectivity index (χ1n) is 11.8. The third kappa shape index (κ3) is 4.92. The first-order chi connectivity index (χ1) is 16.4. The van der Waals surface area contributed by atoms with E-state index in [1.807, 2.05) is 24.3 Å². The normalized spacial score (nSPS) is 23.1. The highest BCUT2D eigenvalue weighted by atomic mass is 19.1. The van der Waals surface area contributed by atoms with Crippen LogP contribution >= 0.6 is 0 Å². The van der Waals surface area contributed by atoms with Gasteiger partial charge in [0.05, 0.1) is 0 Å². The molecule has 178 valence electrons. The average molecular weight is 465 g/mol. The number of aromatic amines is 1. The number of halogens is 1. The number of fused-ring (bicyclic) bond motifs is 1. The third-order valence-electron chi connectivity index (χ3n) is 7.04. The van der Waals surface area contributed by atoms with Gasteiger partial charge in [-0.05, 0) is 67.5 Å². The maximum Gasteiger partial charge on any atom is 0.404 e. The molecule has 1 aliphatic heterocycles. The Morgan fingerprint density at radius 1 is 1.00 bits per heavy atom. The van der Waals surface area contributed by atoms with Crippen LogP contribution in [0.5, 0.6) is 0 Å². The van der Waals surface area contributed by atoms with E-state index in [9.17, 15) is 14.0 Å². The second-order valence-electron chi connectivity index (χ2n) is 9.31. The second kappa shape index (κ2) is 9.46. The molecular formula is C26H29FN4O3. The van der Waals surface area contributed by atoms with Gasteiger partial charge in [0.25, 0.3) is 5.91 Å². The van der Waals surface area contributed by atoms with Gasteiger partial charge in [-0.25, -0.2) is 9.18 Å². The van der Waals surface area contributed by atoms with Crippen molar-refractivity contribution >= 4 is 22.9 Å². The zero-order valence-electron chi connectivity index (χ0n) is 18.9. The van der Waals surface area contributed by atoms with Crippen molar-refractivity contribution in [2.75, 3.05) is 13.1 Å². The number of nitrogens with zero attached hydrogens (tertiary/aromatic N) is 1. The Labute approximate surface area is 197 Å². The van der Waals surface area contributed by atoms with E-state index >= 15 is 0 Å². The fourth-order valence-corrected chi connectivity index (χ4v) is 5.26. The molecule has 1 saturated carbocycles. The van der Waals surface area contributed by atoms with Gasteiger partial charge in [0.2, 0.25) is 0 Å². The minimum absolute atomic E-state index is 0.0718. The maximum atomic E-state index is 13.2. The van der Waals surface area contributed by atoms with Crippen LogP contribution < -0.4 is 11.1 Å². The van der Waals surface area contributed by atoms with Gasteiger partial charge in [0, 0.05) is 36.1 Å². The van der Waals surface area contributed by atoms with Gasteiger partial charge in [0.15, 0.2) is 0 Å². The fourth-order valence-electron chi connectivity index (χ4n) is 5.26. The molecule has 5 rings (SSSR count). The highest BCUT2D eigenvalue weighted by molar-refractivity contribution is 5.99. The number of carbonyl (C=O) groups excluding carboxylic acids is 2. The number of aromatic nitrogens is 1. The first kappa shape index (κ1) is 22.4. The zero-order chi connectivity index (χ0) is 23.7.